The fraction of sp³-hybridized carbons (Fsp3) is 0.200. The molecule has 78 valence electrons. The van der Waals surface area contributed by atoms with Crippen molar-refractivity contribution in [2.75, 3.05) is 0 Å². The smallest absolute Gasteiger partial charge is 0.0949 e. The zero-order valence-electron chi connectivity index (χ0n) is 8.13. The zero-order chi connectivity index (χ0) is 10.8. The molecule has 15 heavy (non-hydrogen) atoms. The van der Waals surface area contributed by atoms with Gasteiger partial charge in [-0.05, 0) is 31.2 Å². The van der Waals surface area contributed by atoms with E-state index in [0.717, 1.165) is 10.2 Å². The topological polar surface area (TPSA) is 50.9 Å². The van der Waals surface area contributed by atoms with Crippen molar-refractivity contribution in [1.82, 2.24) is 15.0 Å². The van der Waals surface area contributed by atoms with Crippen molar-refractivity contribution in [1.29, 1.82) is 0 Å². The number of aliphatic hydroxyl groups is 1. The molecule has 1 N–H and O–H groups in total. The summed E-state index contributed by atoms with van der Waals surface area (Å²) in [5.41, 5.74) is 1.56. The Labute approximate surface area is 95.7 Å². The van der Waals surface area contributed by atoms with Gasteiger partial charge in [-0.3, -0.25) is 0 Å². The minimum absolute atomic E-state index is 0.580. The van der Waals surface area contributed by atoms with Gasteiger partial charge in [0.2, 0.25) is 0 Å². The standard InChI is InChI=1S/C10H10BrN3O/c1-7(15)10-6-12-13-14(10)9-4-2-8(11)3-5-9/h2-7,15H,1H3. The van der Waals surface area contributed by atoms with Gasteiger partial charge in [-0.15, -0.1) is 5.10 Å². The quantitative estimate of drug-likeness (QED) is 0.907. The van der Waals surface area contributed by atoms with E-state index in [9.17, 15) is 5.11 Å². The molecule has 1 heterocycles. The summed E-state index contributed by atoms with van der Waals surface area (Å²) in [5.74, 6) is 0. The Balaban J connectivity index is 2.45. The second-order valence-electron chi connectivity index (χ2n) is 3.22. The minimum Gasteiger partial charge on any atom is -0.387 e. The molecule has 1 unspecified atom stereocenters. The molecule has 2 rings (SSSR count). The van der Waals surface area contributed by atoms with Crippen LogP contribution in [-0.2, 0) is 0 Å². The van der Waals surface area contributed by atoms with Crippen LogP contribution in [0.2, 0.25) is 0 Å². The molecule has 0 amide bonds. The SMILES string of the molecule is CC(O)c1cnnn1-c1ccc(Br)cc1. The highest BCUT2D eigenvalue weighted by atomic mass is 79.9. The van der Waals surface area contributed by atoms with E-state index in [2.05, 4.69) is 26.2 Å². The number of nitrogens with zero attached hydrogens (tertiary/aromatic N) is 3. The van der Waals surface area contributed by atoms with E-state index in [-0.39, 0.29) is 0 Å². The molecule has 0 saturated heterocycles. The van der Waals surface area contributed by atoms with Gasteiger partial charge >= 0.3 is 0 Å². The highest BCUT2D eigenvalue weighted by Crippen LogP contribution is 2.17. The molecule has 1 aromatic heterocycles. The summed E-state index contributed by atoms with van der Waals surface area (Å²) in [6, 6.07) is 7.65. The van der Waals surface area contributed by atoms with Gasteiger partial charge in [0, 0.05) is 4.47 Å². The summed E-state index contributed by atoms with van der Waals surface area (Å²) in [5, 5.41) is 17.2. The number of benzene rings is 1. The van der Waals surface area contributed by atoms with Crippen LogP contribution in [0.25, 0.3) is 5.69 Å². The minimum atomic E-state index is -0.580. The largest absolute Gasteiger partial charge is 0.387 e. The first-order valence-electron chi connectivity index (χ1n) is 4.53. The van der Waals surface area contributed by atoms with E-state index < -0.39 is 6.10 Å². The maximum absolute atomic E-state index is 9.50. The molecule has 1 atom stereocenters. The van der Waals surface area contributed by atoms with Gasteiger partial charge in [-0.25, -0.2) is 4.68 Å². The highest BCUT2D eigenvalue weighted by molar-refractivity contribution is 9.10. The predicted octanol–water partition coefficient (Wildman–Crippen LogP) is 2.08. The normalized spacial score (nSPS) is 12.7. The summed E-state index contributed by atoms with van der Waals surface area (Å²) >= 11 is 3.36. The summed E-state index contributed by atoms with van der Waals surface area (Å²) in [6.45, 7) is 1.69. The Morgan fingerprint density at radius 1 is 1.33 bits per heavy atom. The van der Waals surface area contributed by atoms with Crippen molar-refractivity contribution in [3.05, 3.63) is 40.6 Å². The fourth-order valence-corrected chi connectivity index (χ4v) is 1.58. The third kappa shape index (κ3) is 2.08. The van der Waals surface area contributed by atoms with E-state index in [1.165, 1.54) is 0 Å². The van der Waals surface area contributed by atoms with Crippen LogP contribution in [0, 0.1) is 0 Å². The molecule has 0 spiro atoms. The molecular weight excluding hydrogens is 258 g/mol. The Bertz CT molecular complexity index is 450. The number of halogens is 1. The van der Waals surface area contributed by atoms with Crippen molar-refractivity contribution in [3.63, 3.8) is 0 Å². The van der Waals surface area contributed by atoms with Gasteiger partial charge < -0.3 is 5.11 Å². The maximum atomic E-state index is 9.50. The number of aromatic nitrogens is 3. The molecular formula is C10H10BrN3O. The summed E-state index contributed by atoms with van der Waals surface area (Å²) in [4.78, 5) is 0. The molecule has 1 aromatic carbocycles. The number of rotatable bonds is 2. The molecule has 0 aliphatic carbocycles. The lowest BCUT2D eigenvalue weighted by Gasteiger charge is -2.07. The number of hydrogen-bond donors (Lipinski definition) is 1. The van der Waals surface area contributed by atoms with Crippen LogP contribution in [0.4, 0.5) is 0 Å². The molecule has 0 aliphatic rings. The predicted molar refractivity (Wildman–Crippen MR) is 59.7 cm³/mol. The second-order valence-corrected chi connectivity index (χ2v) is 4.14. The molecule has 2 aromatic rings. The number of hydrogen-bond acceptors (Lipinski definition) is 3. The zero-order valence-corrected chi connectivity index (χ0v) is 9.72. The second kappa shape index (κ2) is 4.12. The van der Waals surface area contributed by atoms with Gasteiger partial charge in [-0.1, -0.05) is 21.1 Å². The van der Waals surface area contributed by atoms with E-state index in [0.29, 0.717) is 5.69 Å². The lowest BCUT2D eigenvalue weighted by Crippen LogP contribution is -2.04. The summed E-state index contributed by atoms with van der Waals surface area (Å²) < 4.78 is 2.63. The Morgan fingerprint density at radius 3 is 2.60 bits per heavy atom. The lowest BCUT2D eigenvalue weighted by atomic mass is 10.2. The molecule has 5 heteroatoms. The van der Waals surface area contributed by atoms with E-state index in [1.807, 2.05) is 24.3 Å². The van der Waals surface area contributed by atoms with Gasteiger partial charge in [0.15, 0.2) is 0 Å². The molecule has 4 nitrogen and oxygen atoms in total. The third-order valence-electron chi connectivity index (χ3n) is 2.07. The Morgan fingerprint density at radius 2 is 2.00 bits per heavy atom. The van der Waals surface area contributed by atoms with Crippen LogP contribution in [0.1, 0.15) is 18.7 Å². The average Bonchev–Trinajstić information content (AvgIpc) is 2.67. The van der Waals surface area contributed by atoms with E-state index in [4.69, 9.17) is 0 Å². The van der Waals surface area contributed by atoms with Crippen molar-refractivity contribution >= 4 is 15.9 Å². The molecule has 0 saturated carbocycles. The van der Waals surface area contributed by atoms with Crippen LogP contribution >= 0.6 is 15.9 Å². The van der Waals surface area contributed by atoms with Crippen molar-refractivity contribution in [2.45, 2.75) is 13.0 Å². The third-order valence-corrected chi connectivity index (χ3v) is 2.60. The van der Waals surface area contributed by atoms with Gasteiger partial charge in [0.05, 0.1) is 23.7 Å². The summed E-state index contributed by atoms with van der Waals surface area (Å²) in [7, 11) is 0. The average molecular weight is 268 g/mol. The van der Waals surface area contributed by atoms with Crippen molar-refractivity contribution in [2.24, 2.45) is 0 Å². The first-order chi connectivity index (χ1) is 7.18. The summed E-state index contributed by atoms with van der Waals surface area (Å²) in [6.07, 6.45) is 0.982. The van der Waals surface area contributed by atoms with Crippen LogP contribution in [0.5, 0.6) is 0 Å². The number of aliphatic hydroxyl groups excluding tert-OH is 1. The molecule has 0 bridgehead atoms. The lowest BCUT2D eigenvalue weighted by molar-refractivity contribution is 0.191. The van der Waals surface area contributed by atoms with E-state index in [1.54, 1.807) is 17.8 Å². The fourth-order valence-electron chi connectivity index (χ4n) is 1.31. The Kier molecular flexibility index (Phi) is 2.83. The monoisotopic (exact) mass is 267 g/mol. The maximum Gasteiger partial charge on any atom is 0.0949 e. The van der Waals surface area contributed by atoms with E-state index >= 15 is 0 Å². The van der Waals surface area contributed by atoms with Crippen LogP contribution < -0.4 is 0 Å². The van der Waals surface area contributed by atoms with Gasteiger partial charge in [0.1, 0.15) is 0 Å². The van der Waals surface area contributed by atoms with Crippen molar-refractivity contribution < 1.29 is 5.11 Å². The molecule has 0 radical (unpaired) electrons. The highest BCUT2D eigenvalue weighted by Gasteiger charge is 2.10. The van der Waals surface area contributed by atoms with Crippen LogP contribution in [-0.4, -0.2) is 20.1 Å². The van der Waals surface area contributed by atoms with Gasteiger partial charge in [-0.2, -0.15) is 0 Å². The van der Waals surface area contributed by atoms with Crippen molar-refractivity contribution in [3.8, 4) is 5.69 Å². The molecule has 0 aliphatic heterocycles. The van der Waals surface area contributed by atoms with Gasteiger partial charge in [0.25, 0.3) is 0 Å². The first kappa shape index (κ1) is 10.3. The molecule has 0 fully saturated rings. The first-order valence-corrected chi connectivity index (χ1v) is 5.32. The Hall–Kier alpha value is -1.20. The van der Waals surface area contributed by atoms with Crippen LogP contribution in [0.3, 0.4) is 0 Å². The van der Waals surface area contributed by atoms with Crippen LogP contribution in [0.15, 0.2) is 34.9 Å².